The van der Waals surface area contributed by atoms with Crippen LogP contribution in [0.3, 0.4) is 0 Å². The third-order valence-electron chi connectivity index (χ3n) is 4.49. The van der Waals surface area contributed by atoms with Crippen LogP contribution >= 0.6 is 34.0 Å². The molecule has 5 heteroatoms. The molecule has 0 N–H and O–H groups in total. The Hall–Kier alpha value is -1.43. The molecule has 1 atom stereocenters. The minimum atomic E-state index is 0.120. The first-order valence-electron chi connectivity index (χ1n) is 8.24. The summed E-state index contributed by atoms with van der Waals surface area (Å²) in [4.78, 5) is 19.1. The second kappa shape index (κ2) is 7.21. The fourth-order valence-corrected chi connectivity index (χ4v) is 5.86. The van der Waals surface area contributed by atoms with Crippen molar-refractivity contribution >= 4 is 39.9 Å². The predicted molar refractivity (Wildman–Crippen MR) is 103 cm³/mol. The molecule has 0 spiro atoms. The molecule has 1 unspecified atom stereocenters. The van der Waals surface area contributed by atoms with Crippen molar-refractivity contribution in [2.45, 2.75) is 31.7 Å². The highest BCUT2D eigenvalue weighted by molar-refractivity contribution is 7.10. The van der Waals surface area contributed by atoms with E-state index in [0.717, 1.165) is 25.8 Å². The number of hydrogen-bond acceptors (Lipinski definition) is 4. The Bertz CT molecular complexity index is 789. The van der Waals surface area contributed by atoms with E-state index in [2.05, 4.69) is 51.4 Å². The van der Waals surface area contributed by atoms with Crippen LogP contribution in [0.5, 0.6) is 0 Å². The van der Waals surface area contributed by atoms with Crippen LogP contribution in [-0.2, 0) is 17.6 Å². The third kappa shape index (κ3) is 3.21. The fraction of sp³-hybridized carbons (Fsp3) is 0.316. The quantitative estimate of drug-likeness (QED) is 0.589. The van der Waals surface area contributed by atoms with Crippen molar-refractivity contribution in [2.75, 3.05) is 6.54 Å². The Labute approximate surface area is 154 Å². The van der Waals surface area contributed by atoms with Gasteiger partial charge in [-0.05, 0) is 59.2 Å². The summed E-state index contributed by atoms with van der Waals surface area (Å²) < 4.78 is 0. The number of thiophene rings is 3. The van der Waals surface area contributed by atoms with Crippen molar-refractivity contribution in [1.82, 2.24) is 4.90 Å². The van der Waals surface area contributed by atoms with Crippen LogP contribution in [0.25, 0.3) is 0 Å². The average Bonchev–Trinajstić information content (AvgIpc) is 3.34. The molecule has 1 aliphatic heterocycles. The smallest absolute Gasteiger partial charge is 0.223 e. The Kier molecular flexibility index (Phi) is 4.83. The van der Waals surface area contributed by atoms with Crippen molar-refractivity contribution in [3.05, 3.63) is 66.7 Å². The molecule has 3 aromatic heterocycles. The molecule has 1 aliphatic rings. The van der Waals surface area contributed by atoms with Gasteiger partial charge in [0.1, 0.15) is 0 Å². The van der Waals surface area contributed by atoms with E-state index in [-0.39, 0.29) is 6.04 Å². The molecule has 0 aliphatic carbocycles. The average molecular weight is 374 g/mol. The molecule has 0 saturated heterocycles. The number of carbonyl (C=O) groups is 1. The number of hydrogen-bond donors (Lipinski definition) is 0. The maximum atomic E-state index is 12.9. The SMILES string of the molecule is O=C(CCCc1cccs1)N1CCc2sccc2C1c1cccs1. The zero-order chi connectivity index (χ0) is 16.4. The first-order valence-corrected chi connectivity index (χ1v) is 10.9. The molecule has 0 aromatic carbocycles. The van der Waals surface area contributed by atoms with Gasteiger partial charge in [-0.2, -0.15) is 0 Å². The summed E-state index contributed by atoms with van der Waals surface area (Å²) in [5, 5.41) is 6.37. The van der Waals surface area contributed by atoms with Gasteiger partial charge in [-0.15, -0.1) is 34.0 Å². The number of amides is 1. The van der Waals surface area contributed by atoms with Crippen molar-refractivity contribution in [2.24, 2.45) is 0 Å². The monoisotopic (exact) mass is 373 g/mol. The zero-order valence-electron chi connectivity index (χ0n) is 13.3. The molecular weight excluding hydrogens is 354 g/mol. The molecule has 1 amide bonds. The lowest BCUT2D eigenvalue weighted by Gasteiger charge is -2.35. The van der Waals surface area contributed by atoms with E-state index in [1.54, 1.807) is 22.7 Å². The summed E-state index contributed by atoms with van der Waals surface area (Å²) in [5.41, 5.74) is 1.33. The van der Waals surface area contributed by atoms with Gasteiger partial charge in [-0.3, -0.25) is 4.79 Å². The molecule has 2 nitrogen and oxygen atoms in total. The summed E-state index contributed by atoms with van der Waals surface area (Å²) in [6.07, 6.45) is 3.57. The van der Waals surface area contributed by atoms with Crippen molar-refractivity contribution in [3.63, 3.8) is 0 Å². The van der Waals surface area contributed by atoms with Gasteiger partial charge >= 0.3 is 0 Å². The Balaban J connectivity index is 1.49. The highest BCUT2D eigenvalue weighted by atomic mass is 32.1. The van der Waals surface area contributed by atoms with E-state index in [4.69, 9.17) is 0 Å². The maximum Gasteiger partial charge on any atom is 0.223 e. The van der Waals surface area contributed by atoms with Crippen LogP contribution in [0.2, 0.25) is 0 Å². The number of nitrogens with zero attached hydrogens (tertiary/aromatic N) is 1. The zero-order valence-corrected chi connectivity index (χ0v) is 15.8. The van der Waals surface area contributed by atoms with Gasteiger partial charge in [0, 0.05) is 27.6 Å². The maximum absolute atomic E-state index is 12.9. The second-order valence-electron chi connectivity index (χ2n) is 5.99. The topological polar surface area (TPSA) is 20.3 Å². The summed E-state index contributed by atoms with van der Waals surface area (Å²) in [5.74, 6) is 0.293. The van der Waals surface area contributed by atoms with Gasteiger partial charge in [0.15, 0.2) is 0 Å². The van der Waals surface area contributed by atoms with Gasteiger partial charge in [0.2, 0.25) is 5.91 Å². The second-order valence-corrected chi connectivity index (χ2v) is 9.00. The van der Waals surface area contributed by atoms with Gasteiger partial charge in [0.05, 0.1) is 6.04 Å². The molecule has 4 heterocycles. The number of carbonyl (C=O) groups excluding carboxylic acids is 1. The largest absolute Gasteiger partial charge is 0.330 e. The van der Waals surface area contributed by atoms with Crippen molar-refractivity contribution in [1.29, 1.82) is 0 Å². The van der Waals surface area contributed by atoms with Crippen LogP contribution in [0.15, 0.2) is 46.5 Å². The predicted octanol–water partition coefficient (Wildman–Crippen LogP) is 5.37. The minimum absolute atomic E-state index is 0.120. The van der Waals surface area contributed by atoms with E-state index in [0.29, 0.717) is 12.3 Å². The Morgan fingerprint density at radius 2 is 1.96 bits per heavy atom. The first kappa shape index (κ1) is 16.1. The lowest BCUT2D eigenvalue weighted by molar-refractivity contribution is -0.133. The van der Waals surface area contributed by atoms with E-state index in [1.165, 1.54) is 20.2 Å². The van der Waals surface area contributed by atoms with Gasteiger partial charge < -0.3 is 4.90 Å². The molecule has 0 bridgehead atoms. The van der Waals surface area contributed by atoms with Crippen LogP contribution in [-0.4, -0.2) is 17.4 Å². The minimum Gasteiger partial charge on any atom is -0.330 e. The van der Waals surface area contributed by atoms with Crippen LogP contribution in [0, 0.1) is 0 Å². The van der Waals surface area contributed by atoms with E-state index in [9.17, 15) is 4.79 Å². The van der Waals surface area contributed by atoms with Gasteiger partial charge in [0.25, 0.3) is 0 Å². The third-order valence-corrected chi connectivity index (χ3v) is 7.35. The number of aryl methyl sites for hydroxylation is 1. The van der Waals surface area contributed by atoms with Crippen LogP contribution < -0.4 is 0 Å². The summed E-state index contributed by atoms with van der Waals surface area (Å²) in [7, 11) is 0. The van der Waals surface area contributed by atoms with Crippen LogP contribution in [0.1, 0.15) is 39.1 Å². The summed E-state index contributed by atoms with van der Waals surface area (Å²) in [6, 6.07) is 10.8. The van der Waals surface area contributed by atoms with Gasteiger partial charge in [-0.25, -0.2) is 0 Å². The standard InChI is InChI=1S/C19H19NOS3/c21-18(7-1-4-14-5-2-11-22-14)20-10-8-16-15(9-13-24-16)19(20)17-6-3-12-23-17/h2-3,5-6,9,11-13,19H,1,4,7-8,10H2. The summed E-state index contributed by atoms with van der Waals surface area (Å²) >= 11 is 5.35. The van der Waals surface area contributed by atoms with Crippen molar-refractivity contribution < 1.29 is 4.79 Å². The lowest BCUT2D eigenvalue weighted by Crippen LogP contribution is -2.39. The molecule has 0 saturated carbocycles. The summed E-state index contributed by atoms with van der Waals surface area (Å²) in [6.45, 7) is 0.841. The van der Waals surface area contributed by atoms with Crippen molar-refractivity contribution in [3.8, 4) is 0 Å². The molecule has 0 fully saturated rings. The van der Waals surface area contributed by atoms with E-state index in [1.807, 2.05) is 11.3 Å². The van der Waals surface area contributed by atoms with E-state index < -0.39 is 0 Å². The fourth-order valence-electron chi connectivity index (χ4n) is 3.35. The van der Waals surface area contributed by atoms with E-state index >= 15 is 0 Å². The molecule has 124 valence electrons. The molecular formula is C19H19NOS3. The molecule has 0 radical (unpaired) electrons. The Morgan fingerprint density at radius 1 is 1.08 bits per heavy atom. The van der Waals surface area contributed by atoms with Crippen LogP contribution in [0.4, 0.5) is 0 Å². The lowest BCUT2D eigenvalue weighted by atomic mass is 9.97. The highest BCUT2D eigenvalue weighted by Crippen LogP contribution is 2.39. The number of rotatable bonds is 5. The molecule has 3 aromatic rings. The van der Waals surface area contributed by atoms with Gasteiger partial charge in [-0.1, -0.05) is 12.1 Å². The highest BCUT2D eigenvalue weighted by Gasteiger charge is 2.32. The first-order chi connectivity index (χ1) is 11.8. The normalized spacial score (nSPS) is 17.0. The molecule has 24 heavy (non-hydrogen) atoms. The number of fused-ring (bicyclic) bond motifs is 1. The Morgan fingerprint density at radius 3 is 2.75 bits per heavy atom. The molecule has 4 rings (SSSR count).